The lowest BCUT2D eigenvalue weighted by Gasteiger charge is -2.29. The van der Waals surface area contributed by atoms with Crippen LogP contribution in [0.1, 0.15) is 32.1 Å². The van der Waals surface area contributed by atoms with E-state index < -0.39 is 11.3 Å². The Hall–Kier alpha value is -0.180. The van der Waals surface area contributed by atoms with E-state index in [0.717, 1.165) is 45.2 Å². The summed E-state index contributed by atoms with van der Waals surface area (Å²) in [7, 11) is 0. The Kier molecular flexibility index (Phi) is 1.74. The van der Waals surface area contributed by atoms with Crippen LogP contribution in [0, 0.1) is 17.3 Å². The summed E-state index contributed by atoms with van der Waals surface area (Å²) in [5.74, 6) is -2.27. The molecule has 0 bridgehead atoms. The molecule has 1 atom stereocenters. The van der Waals surface area contributed by atoms with Crippen LogP contribution in [-0.4, -0.2) is 19.0 Å². The maximum Gasteiger partial charge on any atom is 0.257 e. The number of rotatable bonds is 1. The highest BCUT2D eigenvalue weighted by molar-refractivity contribution is 5.23. The maximum atomic E-state index is 13.7. The second-order valence-electron chi connectivity index (χ2n) is 5.20. The summed E-state index contributed by atoms with van der Waals surface area (Å²) in [5, 5.41) is 3.24. The highest BCUT2D eigenvalue weighted by Crippen LogP contribution is 2.78. The second kappa shape index (κ2) is 2.69. The third kappa shape index (κ3) is 0.918. The quantitative estimate of drug-likeness (QED) is 0.687. The van der Waals surface area contributed by atoms with Gasteiger partial charge in [-0.2, -0.15) is 0 Å². The standard InChI is InChI=1S/C11H17F2N/c12-11(13)9(10(11)4-1-5-10)8-2-6-14-7-3-8/h8-9,14H,1-7H2. The molecule has 3 fully saturated rings. The van der Waals surface area contributed by atoms with Crippen molar-refractivity contribution in [2.24, 2.45) is 17.3 Å². The number of nitrogens with one attached hydrogen (secondary N) is 1. The molecule has 2 saturated carbocycles. The lowest BCUT2D eigenvalue weighted by atomic mass is 9.75. The second-order valence-corrected chi connectivity index (χ2v) is 5.20. The molecule has 1 saturated heterocycles. The van der Waals surface area contributed by atoms with Crippen LogP contribution in [0.5, 0.6) is 0 Å². The molecule has 1 spiro atoms. The van der Waals surface area contributed by atoms with E-state index in [9.17, 15) is 8.78 Å². The molecule has 1 N–H and O–H groups in total. The van der Waals surface area contributed by atoms with Gasteiger partial charge < -0.3 is 5.32 Å². The van der Waals surface area contributed by atoms with Gasteiger partial charge in [-0.1, -0.05) is 6.42 Å². The van der Waals surface area contributed by atoms with Crippen molar-refractivity contribution in [3.8, 4) is 0 Å². The Balaban J connectivity index is 1.74. The van der Waals surface area contributed by atoms with Crippen molar-refractivity contribution < 1.29 is 8.78 Å². The molecule has 3 heteroatoms. The summed E-state index contributed by atoms with van der Waals surface area (Å²) in [6.07, 6.45) is 4.52. The molecule has 0 aromatic rings. The largest absolute Gasteiger partial charge is 0.317 e. The van der Waals surface area contributed by atoms with E-state index in [1.54, 1.807) is 0 Å². The molecule has 2 aliphatic carbocycles. The van der Waals surface area contributed by atoms with Crippen LogP contribution in [0.2, 0.25) is 0 Å². The summed E-state index contributed by atoms with van der Waals surface area (Å²) in [4.78, 5) is 0. The average Bonchev–Trinajstić information content (AvgIpc) is 2.64. The van der Waals surface area contributed by atoms with E-state index in [0.29, 0.717) is 5.92 Å². The third-order valence-electron chi connectivity index (χ3n) is 4.67. The van der Waals surface area contributed by atoms with Gasteiger partial charge in [0.1, 0.15) is 0 Å². The fourth-order valence-corrected chi connectivity index (χ4v) is 3.67. The Morgan fingerprint density at radius 3 is 2.14 bits per heavy atom. The van der Waals surface area contributed by atoms with Gasteiger partial charge in [-0.05, 0) is 44.7 Å². The zero-order valence-electron chi connectivity index (χ0n) is 8.36. The summed E-state index contributed by atoms with van der Waals surface area (Å²) < 4.78 is 27.3. The van der Waals surface area contributed by atoms with Crippen molar-refractivity contribution >= 4 is 0 Å². The van der Waals surface area contributed by atoms with E-state index >= 15 is 0 Å². The van der Waals surface area contributed by atoms with Crippen LogP contribution in [0.4, 0.5) is 8.78 Å². The number of alkyl halides is 2. The van der Waals surface area contributed by atoms with Crippen molar-refractivity contribution in [2.45, 2.75) is 38.0 Å². The first-order valence-corrected chi connectivity index (χ1v) is 5.77. The van der Waals surface area contributed by atoms with Gasteiger partial charge in [0.25, 0.3) is 5.92 Å². The monoisotopic (exact) mass is 201 g/mol. The summed E-state index contributed by atoms with van der Waals surface area (Å²) in [6, 6.07) is 0. The molecule has 0 radical (unpaired) electrons. The molecule has 80 valence electrons. The number of halogens is 2. The first-order valence-electron chi connectivity index (χ1n) is 5.77. The Labute approximate surface area is 83.3 Å². The summed E-state index contributed by atoms with van der Waals surface area (Å²) >= 11 is 0. The molecular formula is C11H17F2N. The van der Waals surface area contributed by atoms with Gasteiger partial charge in [0.15, 0.2) is 0 Å². The zero-order chi connectivity index (χ0) is 9.81. The first kappa shape index (κ1) is 9.08. The number of piperidine rings is 1. The lowest BCUT2D eigenvalue weighted by Crippen LogP contribution is -2.30. The van der Waals surface area contributed by atoms with Gasteiger partial charge in [-0.15, -0.1) is 0 Å². The van der Waals surface area contributed by atoms with E-state index in [1.807, 2.05) is 0 Å². The van der Waals surface area contributed by atoms with E-state index in [-0.39, 0.29) is 5.92 Å². The van der Waals surface area contributed by atoms with Gasteiger partial charge in [0, 0.05) is 11.3 Å². The molecule has 1 heterocycles. The van der Waals surface area contributed by atoms with E-state index in [4.69, 9.17) is 0 Å². The van der Waals surface area contributed by atoms with Gasteiger partial charge in [-0.3, -0.25) is 0 Å². The third-order valence-corrected chi connectivity index (χ3v) is 4.67. The van der Waals surface area contributed by atoms with E-state index in [2.05, 4.69) is 5.32 Å². The summed E-state index contributed by atoms with van der Waals surface area (Å²) in [6.45, 7) is 1.88. The predicted molar refractivity (Wildman–Crippen MR) is 50.3 cm³/mol. The van der Waals surface area contributed by atoms with Crippen molar-refractivity contribution in [2.75, 3.05) is 13.1 Å². The first-order chi connectivity index (χ1) is 6.68. The lowest BCUT2D eigenvalue weighted by molar-refractivity contribution is 0.0257. The van der Waals surface area contributed by atoms with Crippen LogP contribution in [0.25, 0.3) is 0 Å². The van der Waals surface area contributed by atoms with Crippen molar-refractivity contribution in [1.82, 2.24) is 5.32 Å². The Bertz CT molecular complexity index is 242. The molecule has 0 aromatic heterocycles. The smallest absolute Gasteiger partial charge is 0.257 e. The van der Waals surface area contributed by atoms with Gasteiger partial charge >= 0.3 is 0 Å². The fraction of sp³-hybridized carbons (Fsp3) is 1.00. The molecule has 1 aliphatic heterocycles. The highest BCUT2D eigenvalue weighted by atomic mass is 19.3. The Morgan fingerprint density at radius 1 is 1.07 bits per heavy atom. The average molecular weight is 201 g/mol. The molecule has 0 amide bonds. The minimum absolute atomic E-state index is 0.258. The predicted octanol–water partition coefficient (Wildman–Crippen LogP) is 2.42. The molecule has 0 aromatic carbocycles. The molecule has 1 unspecified atom stereocenters. The van der Waals surface area contributed by atoms with Crippen LogP contribution < -0.4 is 5.32 Å². The maximum absolute atomic E-state index is 13.7. The topological polar surface area (TPSA) is 12.0 Å². The number of hydrogen-bond donors (Lipinski definition) is 1. The van der Waals surface area contributed by atoms with Gasteiger partial charge in [-0.25, -0.2) is 8.78 Å². The van der Waals surface area contributed by atoms with Crippen molar-refractivity contribution in [1.29, 1.82) is 0 Å². The van der Waals surface area contributed by atoms with Crippen LogP contribution in [0.15, 0.2) is 0 Å². The minimum Gasteiger partial charge on any atom is -0.317 e. The molecule has 3 rings (SSSR count). The zero-order valence-corrected chi connectivity index (χ0v) is 8.36. The summed E-state index contributed by atoms with van der Waals surface area (Å²) in [5.41, 5.74) is -0.519. The number of hydrogen-bond acceptors (Lipinski definition) is 1. The molecular weight excluding hydrogens is 184 g/mol. The molecule has 1 nitrogen and oxygen atoms in total. The van der Waals surface area contributed by atoms with E-state index in [1.165, 1.54) is 0 Å². The molecule has 3 aliphatic rings. The van der Waals surface area contributed by atoms with Crippen LogP contribution in [-0.2, 0) is 0 Å². The minimum atomic E-state index is -2.31. The fourth-order valence-electron chi connectivity index (χ4n) is 3.67. The Morgan fingerprint density at radius 2 is 1.71 bits per heavy atom. The van der Waals surface area contributed by atoms with Gasteiger partial charge in [0.2, 0.25) is 0 Å². The van der Waals surface area contributed by atoms with Gasteiger partial charge in [0.05, 0.1) is 0 Å². The highest BCUT2D eigenvalue weighted by Gasteiger charge is 2.82. The molecule has 14 heavy (non-hydrogen) atoms. The SMILES string of the molecule is FC1(F)C(C2CCNCC2)C12CCC2. The van der Waals surface area contributed by atoms with Crippen molar-refractivity contribution in [3.63, 3.8) is 0 Å². The normalized spacial score (nSPS) is 39.4. The van der Waals surface area contributed by atoms with Crippen LogP contribution in [0.3, 0.4) is 0 Å². The van der Waals surface area contributed by atoms with Crippen molar-refractivity contribution in [3.05, 3.63) is 0 Å². The van der Waals surface area contributed by atoms with Crippen LogP contribution >= 0.6 is 0 Å².